The van der Waals surface area contributed by atoms with Crippen molar-refractivity contribution in [2.75, 3.05) is 5.73 Å². The first-order valence-corrected chi connectivity index (χ1v) is 8.50. The van der Waals surface area contributed by atoms with Crippen LogP contribution in [0.4, 0.5) is 5.69 Å². The Morgan fingerprint density at radius 3 is 2.38 bits per heavy atom. The normalized spacial score (nSPS) is 15.9. The van der Waals surface area contributed by atoms with Crippen LogP contribution in [0.25, 0.3) is 11.4 Å². The van der Waals surface area contributed by atoms with Crippen LogP contribution in [-0.2, 0) is 12.5 Å². The number of halogens is 1. The first kappa shape index (κ1) is 15.2. The predicted molar refractivity (Wildman–Crippen MR) is 96.9 cm³/mol. The van der Waals surface area contributed by atoms with Crippen LogP contribution in [-0.4, -0.2) is 14.8 Å². The Morgan fingerprint density at radius 1 is 1.04 bits per heavy atom. The van der Waals surface area contributed by atoms with E-state index in [0.29, 0.717) is 5.02 Å². The van der Waals surface area contributed by atoms with E-state index in [2.05, 4.69) is 26.9 Å². The van der Waals surface area contributed by atoms with Gasteiger partial charge in [0.25, 0.3) is 0 Å². The maximum Gasteiger partial charge on any atom is 0.165 e. The molecule has 24 heavy (non-hydrogen) atoms. The van der Waals surface area contributed by atoms with E-state index >= 15 is 0 Å². The van der Waals surface area contributed by atoms with Crippen LogP contribution in [0.3, 0.4) is 0 Å². The van der Waals surface area contributed by atoms with Crippen LogP contribution in [0.15, 0.2) is 48.5 Å². The molecule has 0 radical (unpaired) electrons. The van der Waals surface area contributed by atoms with Crippen LogP contribution in [0.5, 0.6) is 0 Å². The minimum absolute atomic E-state index is 0.0744. The number of benzene rings is 2. The molecule has 1 aliphatic rings. The SMILES string of the molecule is Cn1c(-c2ccccc2Cl)nnc1C1(c2ccc(N)cc2)CCC1. The van der Waals surface area contributed by atoms with Crippen LogP contribution in [0.1, 0.15) is 30.7 Å². The van der Waals surface area contributed by atoms with Crippen LogP contribution in [0.2, 0.25) is 5.02 Å². The molecular weight excluding hydrogens is 320 g/mol. The Morgan fingerprint density at radius 2 is 1.75 bits per heavy atom. The van der Waals surface area contributed by atoms with Gasteiger partial charge in [0.05, 0.1) is 10.4 Å². The molecule has 3 aromatic rings. The van der Waals surface area contributed by atoms with Crippen LogP contribution in [0, 0.1) is 0 Å². The van der Waals surface area contributed by atoms with E-state index < -0.39 is 0 Å². The quantitative estimate of drug-likeness (QED) is 0.728. The van der Waals surface area contributed by atoms with Gasteiger partial charge in [-0.25, -0.2) is 0 Å². The molecule has 0 amide bonds. The molecule has 2 N–H and O–H groups in total. The van der Waals surface area contributed by atoms with Gasteiger partial charge < -0.3 is 10.3 Å². The molecule has 4 nitrogen and oxygen atoms in total. The van der Waals surface area contributed by atoms with Gasteiger partial charge in [-0.05, 0) is 42.7 Å². The van der Waals surface area contributed by atoms with Gasteiger partial charge in [-0.3, -0.25) is 0 Å². The number of hydrogen-bond donors (Lipinski definition) is 1. The molecule has 2 aromatic carbocycles. The van der Waals surface area contributed by atoms with Gasteiger partial charge in [0.15, 0.2) is 5.82 Å². The zero-order chi connectivity index (χ0) is 16.7. The smallest absolute Gasteiger partial charge is 0.165 e. The molecule has 122 valence electrons. The molecule has 0 atom stereocenters. The molecule has 1 aliphatic carbocycles. The Hall–Kier alpha value is -2.33. The van der Waals surface area contributed by atoms with E-state index in [0.717, 1.165) is 35.7 Å². The highest BCUT2D eigenvalue weighted by atomic mass is 35.5. The Balaban J connectivity index is 1.82. The van der Waals surface area contributed by atoms with Crippen LogP contribution >= 0.6 is 11.6 Å². The standard InChI is InChI=1S/C19H19ClN4/c1-24-17(15-5-2-3-6-16(15)20)22-23-18(24)19(11-4-12-19)13-7-9-14(21)10-8-13/h2-3,5-10H,4,11-12,21H2,1H3. The molecule has 4 rings (SSSR count). The van der Waals surface area contributed by atoms with E-state index in [1.165, 1.54) is 12.0 Å². The summed E-state index contributed by atoms with van der Waals surface area (Å²) in [6.45, 7) is 0. The summed E-state index contributed by atoms with van der Waals surface area (Å²) in [6.07, 6.45) is 3.34. The fourth-order valence-electron chi connectivity index (χ4n) is 3.60. The number of anilines is 1. The summed E-state index contributed by atoms with van der Waals surface area (Å²) in [4.78, 5) is 0. The minimum atomic E-state index is -0.0744. The summed E-state index contributed by atoms with van der Waals surface area (Å²) in [5.74, 6) is 1.80. The first-order chi connectivity index (χ1) is 11.6. The summed E-state index contributed by atoms with van der Waals surface area (Å²) in [5.41, 5.74) is 8.72. The van der Waals surface area contributed by atoms with Crippen molar-refractivity contribution >= 4 is 17.3 Å². The number of nitrogens with two attached hydrogens (primary N) is 1. The number of nitrogens with zero attached hydrogens (tertiary/aromatic N) is 3. The fraction of sp³-hybridized carbons (Fsp3) is 0.263. The zero-order valence-electron chi connectivity index (χ0n) is 13.5. The predicted octanol–water partition coefficient (Wildman–Crippen LogP) is 4.19. The van der Waals surface area contributed by atoms with Crippen molar-refractivity contribution in [3.05, 3.63) is 64.9 Å². The largest absolute Gasteiger partial charge is 0.399 e. The lowest BCUT2D eigenvalue weighted by atomic mass is 9.64. The molecule has 1 heterocycles. The Kier molecular flexibility index (Phi) is 3.57. The summed E-state index contributed by atoms with van der Waals surface area (Å²) in [7, 11) is 2.02. The number of aromatic nitrogens is 3. The van der Waals surface area contributed by atoms with Crippen molar-refractivity contribution in [3.8, 4) is 11.4 Å². The molecule has 5 heteroatoms. The molecule has 1 fully saturated rings. The van der Waals surface area contributed by atoms with E-state index in [-0.39, 0.29) is 5.41 Å². The average molecular weight is 339 g/mol. The van der Waals surface area contributed by atoms with Crippen molar-refractivity contribution in [1.82, 2.24) is 14.8 Å². The third-order valence-corrected chi connectivity index (χ3v) is 5.42. The van der Waals surface area contributed by atoms with Gasteiger partial charge in [-0.1, -0.05) is 42.3 Å². The second-order valence-electron chi connectivity index (χ2n) is 6.44. The van der Waals surface area contributed by atoms with Crippen molar-refractivity contribution in [2.45, 2.75) is 24.7 Å². The van der Waals surface area contributed by atoms with Gasteiger partial charge in [0.1, 0.15) is 5.82 Å². The van der Waals surface area contributed by atoms with Gasteiger partial charge in [0, 0.05) is 18.3 Å². The maximum atomic E-state index is 6.34. The van der Waals surface area contributed by atoms with Gasteiger partial charge >= 0.3 is 0 Å². The molecule has 0 spiro atoms. The molecule has 0 unspecified atom stereocenters. The fourth-order valence-corrected chi connectivity index (χ4v) is 3.82. The number of rotatable bonds is 3. The monoisotopic (exact) mass is 338 g/mol. The first-order valence-electron chi connectivity index (χ1n) is 8.13. The van der Waals surface area contributed by atoms with Crippen molar-refractivity contribution in [3.63, 3.8) is 0 Å². The zero-order valence-corrected chi connectivity index (χ0v) is 14.3. The number of nitrogen functional groups attached to an aromatic ring is 1. The average Bonchev–Trinajstić information content (AvgIpc) is 2.91. The van der Waals surface area contributed by atoms with E-state index in [9.17, 15) is 0 Å². The Labute approximate surface area is 146 Å². The maximum absolute atomic E-state index is 6.34. The van der Waals surface area contributed by atoms with Gasteiger partial charge in [-0.2, -0.15) is 0 Å². The Bertz CT molecular complexity index is 879. The summed E-state index contributed by atoms with van der Waals surface area (Å²) < 4.78 is 2.08. The highest BCUT2D eigenvalue weighted by Crippen LogP contribution is 2.48. The highest BCUT2D eigenvalue weighted by molar-refractivity contribution is 6.33. The van der Waals surface area contributed by atoms with Gasteiger partial charge in [0.2, 0.25) is 0 Å². The third-order valence-electron chi connectivity index (χ3n) is 5.09. The van der Waals surface area contributed by atoms with E-state index in [4.69, 9.17) is 17.3 Å². The lowest BCUT2D eigenvalue weighted by Crippen LogP contribution is -2.38. The summed E-state index contributed by atoms with van der Waals surface area (Å²) in [5, 5.41) is 9.68. The molecule has 0 bridgehead atoms. The van der Waals surface area contributed by atoms with E-state index in [1.807, 2.05) is 43.4 Å². The van der Waals surface area contributed by atoms with Crippen molar-refractivity contribution in [1.29, 1.82) is 0 Å². The molecular formula is C19H19ClN4. The number of hydrogen-bond acceptors (Lipinski definition) is 3. The highest BCUT2D eigenvalue weighted by Gasteiger charge is 2.44. The van der Waals surface area contributed by atoms with Gasteiger partial charge in [-0.15, -0.1) is 10.2 Å². The van der Waals surface area contributed by atoms with Crippen molar-refractivity contribution in [2.24, 2.45) is 7.05 Å². The van der Waals surface area contributed by atoms with E-state index in [1.54, 1.807) is 0 Å². The van der Waals surface area contributed by atoms with Crippen LogP contribution < -0.4 is 5.73 Å². The molecule has 1 aromatic heterocycles. The molecule has 1 saturated carbocycles. The summed E-state index contributed by atoms with van der Waals surface area (Å²) >= 11 is 6.34. The second-order valence-corrected chi connectivity index (χ2v) is 6.85. The second kappa shape index (κ2) is 5.64. The third kappa shape index (κ3) is 2.21. The topological polar surface area (TPSA) is 56.7 Å². The lowest BCUT2D eigenvalue weighted by Gasteiger charge is -2.41. The lowest BCUT2D eigenvalue weighted by molar-refractivity contribution is 0.278. The minimum Gasteiger partial charge on any atom is -0.399 e. The molecule has 0 aliphatic heterocycles. The van der Waals surface area contributed by atoms with Crippen molar-refractivity contribution < 1.29 is 0 Å². The molecule has 0 saturated heterocycles. The summed E-state index contributed by atoms with van der Waals surface area (Å²) in [6, 6.07) is 15.9.